The minimum atomic E-state index is -0.124. The number of hydrogen-bond donors (Lipinski definition) is 1. The maximum absolute atomic E-state index is 12.4. The summed E-state index contributed by atoms with van der Waals surface area (Å²) in [5, 5.41) is 13.8. The maximum atomic E-state index is 12.4. The zero-order valence-corrected chi connectivity index (χ0v) is 20.8. The Labute approximate surface area is 206 Å². The number of ether oxygens (including phenoxy) is 1. The van der Waals surface area contributed by atoms with E-state index in [4.69, 9.17) is 39.5 Å². The van der Waals surface area contributed by atoms with Gasteiger partial charge in [-0.1, -0.05) is 52.6 Å². The second kappa shape index (κ2) is 11.8. The van der Waals surface area contributed by atoms with Gasteiger partial charge in [0.2, 0.25) is 5.91 Å². The van der Waals surface area contributed by atoms with E-state index in [0.29, 0.717) is 51.2 Å². The zero-order valence-electron chi connectivity index (χ0n) is 17.7. The van der Waals surface area contributed by atoms with Crippen LogP contribution in [-0.2, 0) is 17.8 Å². The number of aromatic nitrogens is 3. The monoisotopic (exact) mass is 512 g/mol. The molecule has 0 aliphatic heterocycles. The van der Waals surface area contributed by atoms with E-state index in [1.54, 1.807) is 24.3 Å². The fourth-order valence-corrected chi connectivity index (χ4v) is 4.45. The van der Waals surface area contributed by atoms with Gasteiger partial charge in [0.05, 0.1) is 17.4 Å². The van der Waals surface area contributed by atoms with Crippen molar-refractivity contribution in [3.05, 3.63) is 62.9 Å². The molecule has 3 aromatic rings. The lowest BCUT2D eigenvalue weighted by molar-refractivity contribution is -0.113. The van der Waals surface area contributed by atoms with E-state index in [9.17, 15) is 4.79 Å². The molecule has 10 heteroatoms. The lowest BCUT2D eigenvalue weighted by Crippen LogP contribution is -2.15. The van der Waals surface area contributed by atoms with Crippen molar-refractivity contribution in [2.45, 2.75) is 38.4 Å². The molecule has 0 spiro atoms. The summed E-state index contributed by atoms with van der Waals surface area (Å²) >= 11 is 19.5. The van der Waals surface area contributed by atoms with E-state index in [0.717, 1.165) is 17.8 Å². The van der Waals surface area contributed by atoms with Crippen LogP contribution in [-0.4, -0.2) is 33.0 Å². The van der Waals surface area contributed by atoms with Crippen LogP contribution in [0.4, 0.5) is 5.69 Å². The average molecular weight is 514 g/mol. The van der Waals surface area contributed by atoms with Crippen LogP contribution in [0.5, 0.6) is 5.75 Å². The Bertz CT molecular complexity index is 1090. The first kappa shape index (κ1) is 24.7. The van der Waals surface area contributed by atoms with Gasteiger partial charge in [0.15, 0.2) is 5.16 Å². The number of rotatable bonds is 10. The van der Waals surface area contributed by atoms with Gasteiger partial charge in [-0.25, -0.2) is 0 Å². The first-order valence-electron chi connectivity index (χ1n) is 10.1. The SMILES string of the molecule is CCn1c(CCCOc2ccc(Cl)cc2Cl)nnc1SCC(=O)Nc1cccc(Cl)c1C. The lowest BCUT2D eigenvalue weighted by Gasteiger charge is -2.10. The normalized spacial score (nSPS) is 10.9. The number of nitrogens with one attached hydrogen (secondary N) is 1. The summed E-state index contributed by atoms with van der Waals surface area (Å²) in [6, 6.07) is 10.6. The number of carbonyl (C=O) groups excluding carboxylic acids is 1. The van der Waals surface area contributed by atoms with Crippen LogP contribution in [0.15, 0.2) is 41.6 Å². The van der Waals surface area contributed by atoms with Crippen molar-refractivity contribution >= 4 is 58.2 Å². The summed E-state index contributed by atoms with van der Waals surface area (Å²) in [6.45, 7) is 5.09. The van der Waals surface area contributed by atoms with Crippen LogP contribution in [0.2, 0.25) is 15.1 Å². The third-order valence-electron chi connectivity index (χ3n) is 4.68. The second-order valence-electron chi connectivity index (χ2n) is 6.92. The van der Waals surface area contributed by atoms with Gasteiger partial charge in [0.1, 0.15) is 11.6 Å². The van der Waals surface area contributed by atoms with Crippen LogP contribution >= 0.6 is 46.6 Å². The van der Waals surface area contributed by atoms with Gasteiger partial charge in [-0.2, -0.15) is 0 Å². The van der Waals surface area contributed by atoms with Crippen molar-refractivity contribution in [1.29, 1.82) is 0 Å². The van der Waals surface area contributed by atoms with Crippen molar-refractivity contribution in [3.63, 3.8) is 0 Å². The van der Waals surface area contributed by atoms with Crippen LogP contribution in [0, 0.1) is 6.92 Å². The predicted octanol–water partition coefficient (Wildman–Crippen LogP) is 6.31. The minimum absolute atomic E-state index is 0.124. The molecule has 0 fully saturated rings. The number of thioether (sulfide) groups is 1. The third kappa shape index (κ3) is 6.54. The molecular weight excluding hydrogens is 491 g/mol. The Kier molecular flexibility index (Phi) is 9.11. The van der Waals surface area contributed by atoms with Crippen LogP contribution in [0.3, 0.4) is 0 Å². The highest BCUT2D eigenvalue weighted by molar-refractivity contribution is 7.99. The van der Waals surface area contributed by atoms with Crippen molar-refractivity contribution in [3.8, 4) is 5.75 Å². The Balaban J connectivity index is 1.50. The van der Waals surface area contributed by atoms with Crippen LogP contribution in [0.1, 0.15) is 24.7 Å². The molecule has 1 N–H and O–H groups in total. The lowest BCUT2D eigenvalue weighted by atomic mass is 10.2. The molecule has 3 rings (SSSR count). The number of amides is 1. The molecule has 170 valence electrons. The smallest absolute Gasteiger partial charge is 0.234 e. The quantitative estimate of drug-likeness (QED) is 0.254. The predicted molar refractivity (Wildman–Crippen MR) is 132 cm³/mol. The molecule has 1 aromatic heterocycles. The van der Waals surface area contributed by atoms with Crippen molar-refractivity contribution < 1.29 is 9.53 Å². The Morgan fingerprint density at radius 1 is 1.16 bits per heavy atom. The summed E-state index contributed by atoms with van der Waals surface area (Å²) in [5.41, 5.74) is 1.55. The number of hydrogen-bond acceptors (Lipinski definition) is 5. The zero-order chi connectivity index (χ0) is 23.1. The van der Waals surface area contributed by atoms with Crippen LogP contribution in [0.25, 0.3) is 0 Å². The van der Waals surface area contributed by atoms with E-state index in [2.05, 4.69) is 15.5 Å². The minimum Gasteiger partial charge on any atom is -0.492 e. The fourth-order valence-electron chi connectivity index (χ4n) is 2.99. The standard InChI is InChI=1S/C22H23Cl3N4O2S/c1-3-29-20(8-5-11-31-19-10-9-15(23)12-17(19)25)27-28-22(29)32-13-21(30)26-18-7-4-6-16(24)14(18)2/h4,6-7,9-10,12H,3,5,8,11,13H2,1-2H3,(H,26,30). The number of anilines is 1. The number of halogens is 3. The van der Waals surface area contributed by atoms with Crippen molar-refractivity contribution in [1.82, 2.24) is 14.8 Å². The van der Waals surface area contributed by atoms with Gasteiger partial charge in [0.25, 0.3) is 0 Å². The van der Waals surface area contributed by atoms with Crippen molar-refractivity contribution in [2.24, 2.45) is 0 Å². The Hall–Kier alpha value is -1.93. The largest absolute Gasteiger partial charge is 0.492 e. The van der Waals surface area contributed by atoms with E-state index >= 15 is 0 Å². The maximum Gasteiger partial charge on any atom is 0.234 e. The van der Waals surface area contributed by atoms with E-state index in [1.165, 1.54) is 11.8 Å². The third-order valence-corrected chi connectivity index (χ3v) is 6.59. The molecule has 0 bridgehead atoms. The van der Waals surface area contributed by atoms with Crippen molar-refractivity contribution in [2.75, 3.05) is 17.7 Å². The average Bonchev–Trinajstić information content (AvgIpc) is 3.16. The van der Waals surface area contributed by atoms with Gasteiger partial charge >= 0.3 is 0 Å². The molecule has 1 amide bonds. The van der Waals surface area contributed by atoms with Gasteiger partial charge in [0, 0.05) is 28.7 Å². The molecule has 1 heterocycles. The number of nitrogens with zero attached hydrogens (tertiary/aromatic N) is 3. The summed E-state index contributed by atoms with van der Waals surface area (Å²) in [4.78, 5) is 12.4. The topological polar surface area (TPSA) is 69.0 Å². The molecule has 0 radical (unpaired) electrons. The highest BCUT2D eigenvalue weighted by Gasteiger charge is 2.14. The summed E-state index contributed by atoms with van der Waals surface area (Å²) in [6.07, 6.45) is 1.44. The summed E-state index contributed by atoms with van der Waals surface area (Å²) < 4.78 is 7.74. The second-order valence-corrected chi connectivity index (χ2v) is 9.11. The Morgan fingerprint density at radius 2 is 1.97 bits per heavy atom. The molecule has 32 heavy (non-hydrogen) atoms. The van der Waals surface area contributed by atoms with Gasteiger partial charge in [-0.05, 0) is 56.2 Å². The van der Waals surface area contributed by atoms with E-state index < -0.39 is 0 Å². The van der Waals surface area contributed by atoms with E-state index in [-0.39, 0.29) is 11.7 Å². The Morgan fingerprint density at radius 3 is 2.72 bits per heavy atom. The summed E-state index contributed by atoms with van der Waals surface area (Å²) in [7, 11) is 0. The molecule has 0 saturated carbocycles. The highest BCUT2D eigenvalue weighted by atomic mass is 35.5. The molecule has 0 aliphatic rings. The summed E-state index contributed by atoms with van der Waals surface area (Å²) in [5.74, 6) is 1.56. The first-order valence-corrected chi connectivity index (χ1v) is 12.2. The molecule has 0 unspecified atom stereocenters. The number of aryl methyl sites for hydroxylation is 1. The molecule has 0 saturated heterocycles. The number of benzene rings is 2. The highest BCUT2D eigenvalue weighted by Crippen LogP contribution is 2.28. The van der Waals surface area contributed by atoms with Gasteiger partial charge < -0.3 is 14.6 Å². The molecule has 2 aromatic carbocycles. The molecular formula is C22H23Cl3N4O2S. The first-order chi connectivity index (χ1) is 15.4. The molecule has 0 atom stereocenters. The van der Waals surface area contributed by atoms with E-state index in [1.807, 2.05) is 30.5 Å². The fraction of sp³-hybridized carbons (Fsp3) is 0.318. The van der Waals surface area contributed by atoms with Gasteiger partial charge in [-0.3, -0.25) is 4.79 Å². The molecule has 0 aliphatic carbocycles. The molecule has 6 nitrogen and oxygen atoms in total. The van der Waals surface area contributed by atoms with Gasteiger partial charge in [-0.15, -0.1) is 10.2 Å². The number of carbonyl (C=O) groups is 1. The van der Waals surface area contributed by atoms with Crippen LogP contribution < -0.4 is 10.1 Å².